The van der Waals surface area contributed by atoms with Gasteiger partial charge in [-0.15, -0.1) is 11.3 Å². The lowest BCUT2D eigenvalue weighted by Gasteiger charge is -2.19. The Balaban J connectivity index is 1.52. The SMILES string of the molecule is CC(C)c1ccc(-c2csc3nc(SCC(=O)N4CCCCCC4)[nH]c(=O)c23)cc1. The number of thiophene rings is 1. The first kappa shape index (κ1) is 21.1. The molecule has 0 radical (unpaired) electrons. The molecule has 0 unspecified atom stereocenters. The van der Waals surface area contributed by atoms with Crippen LogP contribution in [-0.4, -0.2) is 39.6 Å². The minimum absolute atomic E-state index is 0.127. The number of thioether (sulfide) groups is 1. The van der Waals surface area contributed by atoms with Crippen molar-refractivity contribution in [1.29, 1.82) is 0 Å². The molecule has 0 atom stereocenters. The summed E-state index contributed by atoms with van der Waals surface area (Å²) in [5, 5.41) is 3.13. The zero-order chi connectivity index (χ0) is 21.1. The summed E-state index contributed by atoms with van der Waals surface area (Å²) in [7, 11) is 0. The second-order valence-electron chi connectivity index (χ2n) is 8.06. The summed E-state index contributed by atoms with van der Waals surface area (Å²) < 4.78 is 0. The Morgan fingerprint density at radius 1 is 1.17 bits per heavy atom. The number of amides is 1. The van der Waals surface area contributed by atoms with Crippen LogP contribution in [0.2, 0.25) is 0 Å². The summed E-state index contributed by atoms with van der Waals surface area (Å²) in [6.45, 7) is 6.01. The number of hydrogen-bond acceptors (Lipinski definition) is 5. The number of nitrogens with one attached hydrogen (secondary N) is 1. The average Bonchev–Trinajstić information content (AvgIpc) is 2.98. The maximum atomic E-state index is 12.8. The van der Waals surface area contributed by atoms with Crippen LogP contribution in [0.3, 0.4) is 0 Å². The Hall–Kier alpha value is -2.12. The van der Waals surface area contributed by atoms with Crippen molar-refractivity contribution in [3.63, 3.8) is 0 Å². The van der Waals surface area contributed by atoms with Gasteiger partial charge in [0.15, 0.2) is 5.16 Å². The Labute approximate surface area is 184 Å². The number of aromatic nitrogens is 2. The first-order valence-electron chi connectivity index (χ1n) is 10.6. The van der Waals surface area contributed by atoms with E-state index in [-0.39, 0.29) is 11.5 Å². The molecule has 1 aliphatic rings. The largest absolute Gasteiger partial charge is 0.342 e. The molecule has 158 valence electrons. The molecule has 1 saturated heterocycles. The summed E-state index contributed by atoms with van der Waals surface area (Å²) in [5.74, 6) is 0.908. The number of benzene rings is 1. The highest BCUT2D eigenvalue weighted by molar-refractivity contribution is 7.99. The monoisotopic (exact) mass is 441 g/mol. The molecule has 7 heteroatoms. The minimum Gasteiger partial charge on any atom is -0.342 e. The summed E-state index contributed by atoms with van der Waals surface area (Å²) in [5.41, 5.74) is 3.07. The molecule has 2 aromatic heterocycles. The first-order chi connectivity index (χ1) is 14.5. The van der Waals surface area contributed by atoms with Gasteiger partial charge in [-0.1, -0.05) is 62.7 Å². The number of hydrogen-bond donors (Lipinski definition) is 1. The molecule has 0 aliphatic carbocycles. The lowest BCUT2D eigenvalue weighted by Crippen LogP contribution is -2.33. The molecular weight excluding hydrogens is 414 g/mol. The molecule has 1 fully saturated rings. The van der Waals surface area contributed by atoms with E-state index < -0.39 is 0 Å². The highest BCUT2D eigenvalue weighted by Gasteiger charge is 2.18. The van der Waals surface area contributed by atoms with Crippen LogP contribution < -0.4 is 5.56 Å². The van der Waals surface area contributed by atoms with Crippen molar-refractivity contribution >= 4 is 39.2 Å². The van der Waals surface area contributed by atoms with Crippen LogP contribution in [0.15, 0.2) is 39.6 Å². The van der Waals surface area contributed by atoms with Gasteiger partial charge in [-0.25, -0.2) is 4.98 Å². The number of carbonyl (C=O) groups is 1. The van der Waals surface area contributed by atoms with Crippen LogP contribution in [0.1, 0.15) is 51.0 Å². The normalized spacial score (nSPS) is 15.0. The van der Waals surface area contributed by atoms with E-state index in [1.54, 1.807) is 0 Å². The summed E-state index contributed by atoms with van der Waals surface area (Å²) in [6.07, 6.45) is 4.55. The van der Waals surface area contributed by atoms with Gasteiger partial charge in [0.2, 0.25) is 5.91 Å². The van der Waals surface area contributed by atoms with Crippen molar-refractivity contribution < 1.29 is 4.79 Å². The van der Waals surface area contributed by atoms with Gasteiger partial charge in [0, 0.05) is 24.0 Å². The van der Waals surface area contributed by atoms with E-state index in [1.165, 1.54) is 41.5 Å². The van der Waals surface area contributed by atoms with Crippen molar-refractivity contribution in [3.05, 3.63) is 45.6 Å². The Morgan fingerprint density at radius 3 is 2.53 bits per heavy atom. The van der Waals surface area contributed by atoms with E-state index in [0.29, 0.717) is 27.0 Å². The molecule has 1 aliphatic heterocycles. The third-order valence-corrected chi connectivity index (χ3v) is 7.33. The third-order valence-electron chi connectivity index (χ3n) is 5.60. The predicted molar refractivity (Wildman–Crippen MR) is 126 cm³/mol. The van der Waals surface area contributed by atoms with E-state index in [1.807, 2.05) is 10.3 Å². The number of aromatic amines is 1. The van der Waals surface area contributed by atoms with Crippen LogP contribution in [0, 0.1) is 0 Å². The number of carbonyl (C=O) groups excluding carboxylic acids is 1. The number of nitrogens with zero attached hydrogens (tertiary/aromatic N) is 2. The second kappa shape index (κ2) is 9.35. The van der Waals surface area contributed by atoms with Crippen LogP contribution in [0.4, 0.5) is 0 Å². The number of fused-ring (bicyclic) bond motifs is 1. The number of rotatable bonds is 5. The number of likely N-dealkylation sites (tertiary alicyclic amines) is 1. The zero-order valence-electron chi connectivity index (χ0n) is 17.4. The smallest absolute Gasteiger partial charge is 0.260 e. The molecule has 1 aromatic carbocycles. The topological polar surface area (TPSA) is 66.1 Å². The highest BCUT2D eigenvalue weighted by atomic mass is 32.2. The fourth-order valence-electron chi connectivity index (χ4n) is 3.80. The second-order valence-corrected chi connectivity index (χ2v) is 9.88. The molecular formula is C23H27N3O2S2. The van der Waals surface area contributed by atoms with Gasteiger partial charge >= 0.3 is 0 Å². The van der Waals surface area contributed by atoms with E-state index >= 15 is 0 Å². The lowest BCUT2D eigenvalue weighted by atomic mass is 9.99. The van der Waals surface area contributed by atoms with Crippen molar-refractivity contribution in [2.75, 3.05) is 18.8 Å². The van der Waals surface area contributed by atoms with Gasteiger partial charge in [-0.3, -0.25) is 9.59 Å². The molecule has 0 spiro atoms. The standard InChI is InChI=1S/C23H27N3O2S2/c1-15(2)16-7-9-17(10-8-16)18-13-29-22-20(18)21(28)24-23(25-22)30-14-19(27)26-11-5-3-4-6-12-26/h7-10,13,15H,3-6,11-12,14H2,1-2H3,(H,24,25,28). The highest BCUT2D eigenvalue weighted by Crippen LogP contribution is 2.32. The molecule has 3 heterocycles. The first-order valence-corrected chi connectivity index (χ1v) is 12.4. The van der Waals surface area contributed by atoms with Crippen molar-refractivity contribution in [2.24, 2.45) is 0 Å². The lowest BCUT2D eigenvalue weighted by molar-refractivity contribution is -0.128. The van der Waals surface area contributed by atoms with E-state index in [0.717, 1.165) is 37.1 Å². The molecule has 1 N–H and O–H groups in total. The molecule has 4 rings (SSSR count). The van der Waals surface area contributed by atoms with Crippen LogP contribution in [0.5, 0.6) is 0 Å². The van der Waals surface area contributed by atoms with E-state index in [2.05, 4.69) is 48.1 Å². The third kappa shape index (κ3) is 4.62. The Kier molecular flexibility index (Phi) is 6.58. The minimum atomic E-state index is -0.145. The van der Waals surface area contributed by atoms with Crippen LogP contribution >= 0.6 is 23.1 Å². The van der Waals surface area contributed by atoms with Gasteiger partial charge in [-0.2, -0.15) is 0 Å². The van der Waals surface area contributed by atoms with Crippen LogP contribution in [0.25, 0.3) is 21.3 Å². The molecule has 30 heavy (non-hydrogen) atoms. The van der Waals surface area contributed by atoms with Gasteiger partial charge in [0.25, 0.3) is 5.56 Å². The maximum absolute atomic E-state index is 12.8. The molecule has 3 aromatic rings. The maximum Gasteiger partial charge on any atom is 0.260 e. The Bertz CT molecular complexity index is 1080. The molecule has 1 amide bonds. The summed E-state index contributed by atoms with van der Waals surface area (Å²) in [6, 6.07) is 8.37. The fraction of sp³-hybridized carbons (Fsp3) is 0.435. The van der Waals surface area contributed by atoms with Gasteiger partial charge in [-0.05, 0) is 29.9 Å². The van der Waals surface area contributed by atoms with Crippen molar-refractivity contribution in [1.82, 2.24) is 14.9 Å². The molecule has 0 bridgehead atoms. The quantitative estimate of drug-likeness (QED) is 0.433. The van der Waals surface area contributed by atoms with Crippen molar-refractivity contribution in [3.8, 4) is 11.1 Å². The van der Waals surface area contributed by atoms with Crippen molar-refractivity contribution in [2.45, 2.75) is 50.6 Å². The Morgan fingerprint density at radius 2 is 1.87 bits per heavy atom. The number of H-pyrrole nitrogens is 1. The van der Waals surface area contributed by atoms with Crippen LogP contribution in [-0.2, 0) is 4.79 Å². The van der Waals surface area contributed by atoms with E-state index in [9.17, 15) is 9.59 Å². The van der Waals surface area contributed by atoms with E-state index in [4.69, 9.17) is 0 Å². The summed E-state index contributed by atoms with van der Waals surface area (Å²) in [4.78, 5) is 35.5. The predicted octanol–water partition coefficient (Wildman–Crippen LogP) is 5.27. The van der Waals surface area contributed by atoms with Gasteiger partial charge < -0.3 is 9.88 Å². The summed E-state index contributed by atoms with van der Waals surface area (Å²) >= 11 is 2.79. The average molecular weight is 442 g/mol. The van der Waals surface area contributed by atoms with Gasteiger partial charge in [0.1, 0.15) is 4.83 Å². The zero-order valence-corrected chi connectivity index (χ0v) is 19.1. The molecule has 0 saturated carbocycles. The fourth-order valence-corrected chi connectivity index (χ4v) is 5.57. The van der Waals surface area contributed by atoms with Gasteiger partial charge in [0.05, 0.1) is 11.1 Å². The molecule has 5 nitrogen and oxygen atoms in total.